The van der Waals surface area contributed by atoms with E-state index in [1.54, 1.807) is 48.9 Å². The van der Waals surface area contributed by atoms with Gasteiger partial charge in [0.1, 0.15) is 11.2 Å². The molecule has 120 valence electrons. The lowest BCUT2D eigenvalue weighted by molar-refractivity contribution is -0.144. The van der Waals surface area contributed by atoms with E-state index in [2.05, 4.69) is 4.98 Å². The van der Waals surface area contributed by atoms with Crippen molar-refractivity contribution in [1.29, 1.82) is 0 Å². The minimum absolute atomic E-state index is 0.0143. The molecule has 0 N–H and O–H groups in total. The number of nitrogens with zero attached hydrogens (tertiary/aromatic N) is 3. The molecule has 1 saturated heterocycles. The van der Waals surface area contributed by atoms with Gasteiger partial charge in [-0.1, -0.05) is 6.07 Å². The third kappa shape index (κ3) is 3.05. The number of amides is 2. The number of hydrogen-bond donors (Lipinski definition) is 0. The number of hydrogen-bond acceptors (Lipinski definition) is 4. The molecule has 0 radical (unpaired) electrons. The fourth-order valence-electron chi connectivity index (χ4n) is 2.55. The van der Waals surface area contributed by atoms with E-state index in [-0.39, 0.29) is 17.9 Å². The Morgan fingerprint density at radius 2 is 2.00 bits per heavy atom. The number of ether oxygens (including phenoxy) is 1. The van der Waals surface area contributed by atoms with Crippen LogP contribution in [0.25, 0.3) is 0 Å². The van der Waals surface area contributed by atoms with E-state index in [9.17, 15) is 9.59 Å². The largest absolute Gasteiger partial charge is 0.475 e. The van der Waals surface area contributed by atoms with E-state index in [0.717, 1.165) is 0 Å². The van der Waals surface area contributed by atoms with E-state index in [1.165, 1.54) is 0 Å². The lowest BCUT2D eigenvalue weighted by Gasteiger charge is -2.44. The second-order valence-electron chi connectivity index (χ2n) is 6.27. The van der Waals surface area contributed by atoms with Crippen molar-refractivity contribution < 1.29 is 14.3 Å². The first kappa shape index (κ1) is 16.3. The zero-order valence-corrected chi connectivity index (χ0v) is 13.8. The van der Waals surface area contributed by atoms with Gasteiger partial charge in [-0.3, -0.25) is 9.59 Å². The number of piperazine rings is 1. The van der Waals surface area contributed by atoms with Crippen molar-refractivity contribution in [2.45, 2.75) is 39.3 Å². The minimum Gasteiger partial charge on any atom is -0.475 e. The van der Waals surface area contributed by atoms with Gasteiger partial charge in [0.15, 0.2) is 0 Å². The molecular formula is C16H23N3O3. The van der Waals surface area contributed by atoms with Crippen LogP contribution in [0.4, 0.5) is 0 Å². The minimum atomic E-state index is -0.874. The maximum Gasteiger partial charge on any atom is 0.273 e. The van der Waals surface area contributed by atoms with Gasteiger partial charge in [-0.25, -0.2) is 4.98 Å². The molecule has 1 aromatic heterocycles. The topological polar surface area (TPSA) is 62.7 Å². The molecule has 22 heavy (non-hydrogen) atoms. The average Bonchev–Trinajstić information content (AvgIpc) is 2.44. The fraction of sp³-hybridized carbons (Fsp3) is 0.562. The summed E-state index contributed by atoms with van der Waals surface area (Å²) < 4.78 is 5.53. The molecular weight excluding hydrogens is 282 g/mol. The average molecular weight is 305 g/mol. The van der Waals surface area contributed by atoms with Crippen LogP contribution in [0.5, 0.6) is 5.88 Å². The molecule has 2 rings (SSSR count). The summed E-state index contributed by atoms with van der Waals surface area (Å²) in [5, 5.41) is 0. The summed E-state index contributed by atoms with van der Waals surface area (Å²) in [4.78, 5) is 32.5. The number of carbonyl (C=O) groups is 2. The van der Waals surface area contributed by atoms with Crippen LogP contribution in [0.15, 0.2) is 18.2 Å². The summed E-state index contributed by atoms with van der Waals surface area (Å²) in [5.41, 5.74) is -0.579. The van der Waals surface area contributed by atoms with E-state index in [1.807, 2.05) is 13.8 Å². The molecule has 6 nitrogen and oxygen atoms in total. The number of aromatic nitrogens is 1. The Labute approximate surface area is 131 Å². The highest BCUT2D eigenvalue weighted by molar-refractivity contribution is 5.98. The second kappa shape index (κ2) is 5.94. The molecule has 0 unspecified atom stereocenters. The standard InChI is InChI=1S/C16H23N3O3/c1-11(2)22-13-8-6-7-12(17-13)14(20)19-10-9-18(5)15(21)16(19,3)4/h6-8,11H,9-10H2,1-5H3. The van der Waals surface area contributed by atoms with E-state index in [0.29, 0.717) is 24.7 Å². The zero-order chi connectivity index (χ0) is 16.5. The van der Waals surface area contributed by atoms with Crippen LogP contribution in [-0.2, 0) is 4.79 Å². The van der Waals surface area contributed by atoms with Crippen molar-refractivity contribution in [3.05, 3.63) is 23.9 Å². The number of rotatable bonds is 3. The van der Waals surface area contributed by atoms with Gasteiger partial charge in [-0.05, 0) is 33.8 Å². The van der Waals surface area contributed by atoms with Crippen LogP contribution < -0.4 is 4.74 Å². The first-order valence-corrected chi connectivity index (χ1v) is 7.44. The molecule has 0 atom stereocenters. The molecule has 0 saturated carbocycles. The summed E-state index contributed by atoms with van der Waals surface area (Å²) in [5.74, 6) is 0.0986. The molecule has 1 aliphatic heterocycles. The molecule has 0 aliphatic carbocycles. The molecule has 0 spiro atoms. The first-order chi connectivity index (χ1) is 10.2. The zero-order valence-electron chi connectivity index (χ0n) is 13.8. The Kier molecular flexibility index (Phi) is 4.39. The third-order valence-corrected chi connectivity index (χ3v) is 3.75. The van der Waals surface area contributed by atoms with Crippen LogP contribution in [0.1, 0.15) is 38.2 Å². The molecule has 6 heteroatoms. The predicted molar refractivity (Wildman–Crippen MR) is 82.8 cm³/mol. The first-order valence-electron chi connectivity index (χ1n) is 7.44. The highest BCUT2D eigenvalue weighted by atomic mass is 16.5. The van der Waals surface area contributed by atoms with Crippen molar-refractivity contribution in [2.75, 3.05) is 20.1 Å². The van der Waals surface area contributed by atoms with Gasteiger partial charge in [-0.2, -0.15) is 0 Å². The summed E-state index contributed by atoms with van der Waals surface area (Å²) >= 11 is 0. The van der Waals surface area contributed by atoms with Crippen molar-refractivity contribution in [3.8, 4) is 5.88 Å². The maximum atomic E-state index is 12.7. The summed E-state index contributed by atoms with van der Waals surface area (Å²) in [6.45, 7) is 8.34. The fourth-order valence-corrected chi connectivity index (χ4v) is 2.55. The van der Waals surface area contributed by atoms with Gasteiger partial charge in [-0.15, -0.1) is 0 Å². The Morgan fingerprint density at radius 3 is 2.64 bits per heavy atom. The molecule has 1 fully saturated rings. The smallest absolute Gasteiger partial charge is 0.273 e. The summed E-state index contributed by atoms with van der Waals surface area (Å²) in [6.07, 6.45) is -0.0143. The van der Waals surface area contributed by atoms with Crippen molar-refractivity contribution in [2.24, 2.45) is 0 Å². The van der Waals surface area contributed by atoms with Gasteiger partial charge in [0.2, 0.25) is 11.8 Å². The normalized spacial score (nSPS) is 17.8. The SMILES string of the molecule is CC(C)Oc1cccc(C(=O)N2CCN(C)C(=O)C2(C)C)n1. The third-order valence-electron chi connectivity index (χ3n) is 3.75. The summed E-state index contributed by atoms with van der Waals surface area (Å²) in [6, 6.07) is 5.11. The molecule has 2 amide bonds. The van der Waals surface area contributed by atoms with Gasteiger partial charge < -0.3 is 14.5 Å². The monoisotopic (exact) mass is 305 g/mol. The number of carbonyl (C=O) groups excluding carboxylic acids is 2. The van der Waals surface area contributed by atoms with Crippen LogP contribution >= 0.6 is 0 Å². The van der Waals surface area contributed by atoms with Gasteiger partial charge >= 0.3 is 0 Å². The van der Waals surface area contributed by atoms with Crippen LogP contribution in [0, 0.1) is 0 Å². The van der Waals surface area contributed by atoms with Crippen molar-refractivity contribution in [3.63, 3.8) is 0 Å². The summed E-state index contributed by atoms with van der Waals surface area (Å²) in [7, 11) is 1.75. The van der Waals surface area contributed by atoms with Gasteiger partial charge in [0, 0.05) is 26.2 Å². The lowest BCUT2D eigenvalue weighted by atomic mass is 9.97. The van der Waals surface area contributed by atoms with Crippen LogP contribution in [0.2, 0.25) is 0 Å². The Hall–Kier alpha value is -2.11. The van der Waals surface area contributed by atoms with Crippen molar-refractivity contribution in [1.82, 2.24) is 14.8 Å². The van der Waals surface area contributed by atoms with Crippen LogP contribution in [-0.4, -0.2) is 58.4 Å². The molecule has 1 aromatic rings. The Balaban J connectivity index is 2.26. The highest BCUT2D eigenvalue weighted by Crippen LogP contribution is 2.24. The van der Waals surface area contributed by atoms with Crippen molar-refractivity contribution >= 4 is 11.8 Å². The van der Waals surface area contributed by atoms with E-state index >= 15 is 0 Å². The molecule has 2 heterocycles. The lowest BCUT2D eigenvalue weighted by Crippen LogP contribution is -2.63. The Morgan fingerprint density at radius 1 is 1.32 bits per heavy atom. The molecule has 1 aliphatic rings. The highest BCUT2D eigenvalue weighted by Gasteiger charge is 2.43. The predicted octanol–water partition coefficient (Wildman–Crippen LogP) is 1.56. The Bertz CT molecular complexity index is 584. The quantitative estimate of drug-likeness (QED) is 0.850. The van der Waals surface area contributed by atoms with Gasteiger partial charge in [0.05, 0.1) is 6.10 Å². The second-order valence-corrected chi connectivity index (χ2v) is 6.27. The maximum absolute atomic E-state index is 12.7. The van der Waals surface area contributed by atoms with Crippen LogP contribution in [0.3, 0.4) is 0 Å². The van der Waals surface area contributed by atoms with E-state index in [4.69, 9.17) is 4.74 Å². The van der Waals surface area contributed by atoms with E-state index < -0.39 is 5.54 Å². The van der Waals surface area contributed by atoms with Gasteiger partial charge in [0.25, 0.3) is 5.91 Å². The number of likely N-dealkylation sites (N-methyl/N-ethyl adjacent to an activating group) is 1. The molecule has 0 bridgehead atoms. The molecule has 0 aromatic carbocycles. The number of pyridine rings is 1.